The van der Waals surface area contributed by atoms with Crippen molar-refractivity contribution in [2.24, 2.45) is 4.40 Å². The highest BCUT2D eigenvalue weighted by Gasteiger charge is 2.31. The molecule has 2 aliphatic rings. The lowest BCUT2D eigenvalue weighted by atomic mass is 9.92. The number of sulfonamides is 1. The maximum Gasteiger partial charge on any atom is 0.260 e. The van der Waals surface area contributed by atoms with E-state index in [4.69, 9.17) is 5.10 Å². The van der Waals surface area contributed by atoms with Gasteiger partial charge in [-0.2, -0.15) is 5.10 Å². The van der Waals surface area contributed by atoms with E-state index in [1.807, 2.05) is 37.3 Å². The smallest absolute Gasteiger partial charge is 0.260 e. The summed E-state index contributed by atoms with van der Waals surface area (Å²) in [6, 6.07) is 9.67. The van der Waals surface area contributed by atoms with Gasteiger partial charge >= 0.3 is 0 Å². The highest BCUT2D eigenvalue weighted by Crippen LogP contribution is 2.27. The fourth-order valence-corrected chi connectivity index (χ4v) is 4.36. The molecule has 0 atom stereocenters. The summed E-state index contributed by atoms with van der Waals surface area (Å²) in [6.07, 6.45) is 5.01. The van der Waals surface area contributed by atoms with Crippen molar-refractivity contribution < 1.29 is 13.2 Å². The minimum atomic E-state index is -3.59. The van der Waals surface area contributed by atoms with E-state index in [1.54, 1.807) is 27.9 Å². The number of amides is 1. The maximum absolute atomic E-state index is 13.2. The second-order valence-corrected chi connectivity index (χ2v) is 10.4. The number of aromatic nitrogens is 2. The van der Waals surface area contributed by atoms with Crippen LogP contribution in [0.5, 0.6) is 0 Å². The van der Waals surface area contributed by atoms with Crippen LogP contribution in [0.3, 0.4) is 0 Å². The molecule has 1 amide bonds. The molecule has 31 heavy (non-hydrogen) atoms. The number of rotatable bonds is 3. The minimum absolute atomic E-state index is 0.0786. The molecule has 2 aromatic rings. The van der Waals surface area contributed by atoms with Crippen LogP contribution < -0.4 is 5.32 Å². The summed E-state index contributed by atoms with van der Waals surface area (Å²) in [5, 5.41) is 7.64. The van der Waals surface area contributed by atoms with E-state index in [0.29, 0.717) is 5.82 Å². The maximum atomic E-state index is 13.2. The third-order valence-corrected chi connectivity index (χ3v) is 6.22. The van der Waals surface area contributed by atoms with E-state index in [2.05, 4.69) is 30.5 Å². The second-order valence-electron chi connectivity index (χ2n) is 8.69. The van der Waals surface area contributed by atoms with E-state index >= 15 is 0 Å². The van der Waals surface area contributed by atoms with Gasteiger partial charge in [-0.3, -0.25) is 4.79 Å². The minimum Gasteiger partial charge on any atom is -0.331 e. The summed E-state index contributed by atoms with van der Waals surface area (Å²) in [5.74, 6) is 0.121. The van der Waals surface area contributed by atoms with Gasteiger partial charge in [-0.1, -0.05) is 32.9 Å². The fraction of sp³-hybridized carbons (Fsp3) is 0.318. The number of carbonyl (C=O) groups excluding carboxylic acids is 1. The van der Waals surface area contributed by atoms with Gasteiger partial charge in [-0.25, -0.2) is 13.1 Å². The summed E-state index contributed by atoms with van der Waals surface area (Å²) in [7, 11) is -3.59. The molecule has 0 saturated heterocycles. The van der Waals surface area contributed by atoms with Crippen LogP contribution in [0.15, 0.2) is 58.7 Å². The standard InChI is InChI=1S/C22H25N5O3S/c1-15-7-5-8-16(13-15)27-19(14-18(24-27)22(2,3)4)23-21(28)17-9-6-10-26-11-12-31(29,30)25-20(17)26/h5-10,13-14H,11-12H2,1-4H3,(H,23,28). The zero-order valence-corrected chi connectivity index (χ0v) is 18.8. The van der Waals surface area contributed by atoms with E-state index in [0.717, 1.165) is 16.9 Å². The second kappa shape index (κ2) is 7.49. The van der Waals surface area contributed by atoms with Crippen molar-refractivity contribution in [3.8, 4) is 5.69 Å². The van der Waals surface area contributed by atoms with Gasteiger partial charge in [-0.05, 0) is 36.8 Å². The van der Waals surface area contributed by atoms with E-state index in [9.17, 15) is 13.2 Å². The van der Waals surface area contributed by atoms with Gasteiger partial charge in [0.25, 0.3) is 15.9 Å². The van der Waals surface area contributed by atoms with E-state index in [1.165, 1.54) is 0 Å². The Bertz CT molecular complexity index is 1250. The molecule has 1 aromatic carbocycles. The molecular formula is C22H25N5O3S. The summed E-state index contributed by atoms with van der Waals surface area (Å²) < 4.78 is 29.5. The number of hydrogen-bond donors (Lipinski definition) is 1. The van der Waals surface area contributed by atoms with Crippen molar-refractivity contribution in [1.29, 1.82) is 0 Å². The summed E-state index contributed by atoms with van der Waals surface area (Å²) in [4.78, 5) is 14.9. The van der Waals surface area contributed by atoms with Crippen molar-refractivity contribution in [3.05, 3.63) is 65.5 Å². The van der Waals surface area contributed by atoms with E-state index in [-0.39, 0.29) is 29.1 Å². The predicted octanol–water partition coefficient (Wildman–Crippen LogP) is 2.91. The van der Waals surface area contributed by atoms with Crippen LogP contribution in [-0.2, 0) is 20.2 Å². The molecule has 2 aliphatic heterocycles. The van der Waals surface area contributed by atoms with Crippen molar-refractivity contribution in [3.63, 3.8) is 0 Å². The number of nitrogens with one attached hydrogen (secondary N) is 1. The topological polar surface area (TPSA) is 96.7 Å². The van der Waals surface area contributed by atoms with Crippen LogP contribution in [0.25, 0.3) is 5.69 Å². The molecule has 0 aliphatic carbocycles. The van der Waals surface area contributed by atoms with Crippen LogP contribution in [0.2, 0.25) is 0 Å². The molecule has 1 aromatic heterocycles. The number of allylic oxidation sites excluding steroid dienone is 2. The highest BCUT2D eigenvalue weighted by molar-refractivity contribution is 7.90. The summed E-state index contributed by atoms with van der Waals surface area (Å²) in [5.41, 5.74) is 2.68. The van der Waals surface area contributed by atoms with Crippen molar-refractivity contribution in [2.45, 2.75) is 33.1 Å². The number of anilines is 1. The first-order valence-electron chi connectivity index (χ1n) is 10.0. The number of benzene rings is 1. The number of aryl methyl sites for hydroxylation is 1. The molecule has 0 saturated carbocycles. The fourth-order valence-electron chi connectivity index (χ4n) is 3.37. The Balaban J connectivity index is 1.73. The number of fused-ring (bicyclic) bond motifs is 1. The van der Waals surface area contributed by atoms with Crippen LogP contribution in [-0.4, -0.2) is 47.1 Å². The third kappa shape index (κ3) is 4.32. The number of carbonyl (C=O) groups is 1. The Labute approximate surface area is 182 Å². The van der Waals surface area contributed by atoms with Crippen LogP contribution in [0.1, 0.15) is 32.0 Å². The molecule has 0 radical (unpaired) electrons. The van der Waals surface area contributed by atoms with Gasteiger partial charge in [0, 0.05) is 24.2 Å². The first-order chi connectivity index (χ1) is 14.5. The Hall–Kier alpha value is -3.20. The molecule has 162 valence electrons. The van der Waals surface area contributed by atoms with Crippen molar-refractivity contribution in [1.82, 2.24) is 14.7 Å². The van der Waals surface area contributed by atoms with Gasteiger partial charge in [0.15, 0.2) is 5.84 Å². The van der Waals surface area contributed by atoms with Crippen LogP contribution in [0.4, 0.5) is 5.82 Å². The first kappa shape index (κ1) is 21.0. The molecule has 0 unspecified atom stereocenters. The highest BCUT2D eigenvalue weighted by atomic mass is 32.2. The molecule has 3 heterocycles. The summed E-state index contributed by atoms with van der Waals surface area (Å²) >= 11 is 0. The Morgan fingerprint density at radius 2 is 1.97 bits per heavy atom. The molecule has 4 rings (SSSR count). The predicted molar refractivity (Wildman–Crippen MR) is 121 cm³/mol. The summed E-state index contributed by atoms with van der Waals surface area (Å²) in [6.45, 7) is 8.41. The average Bonchev–Trinajstić information content (AvgIpc) is 3.11. The molecule has 0 spiro atoms. The quantitative estimate of drug-likeness (QED) is 0.793. The van der Waals surface area contributed by atoms with Crippen LogP contribution >= 0.6 is 0 Å². The SMILES string of the molecule is Cc1cccc(-n2nc(C(C)(C)C)cc2NC(=O)C2=CC=CN3CCS(=O)(=O)N=C23)c1. The lowest BCUT2D eigenvalue weighted by Crippen LogP contribution is -2.41. The van der Waals surface area contributed by atoms with Gasteiger partial charge in [0.1, 0.15) is 5.82 Å². The van der Waals surface area contributed by atoms with Gasteiger partial charge in [0.2, 0.25) is 0 Å². The molecule has 8 nitrogen and oxygen atoms in total. The monoisotopic (exact) mass is 439 g/mol. The normalized spacial score (nSPS) is 17.6. The van der Waals surface area contributed by atoms with Crippen LogP contribution in [0, 0.1) is 6.92 Å². The zero-order chi connectivity index (χ0) is 22.4. The molecule has 0 bridgehead atoms. The Kier molecular flexibility index (Phi) is 5.09. The molecule has 9 heteroatoms. The van der Waals surface area contributed by atoms with Gasteiger partial charge < -0.3 is 10.2 Å². The number of amidine groups is 1. The van der Waals surface area contributed by atoms with Gasteiger partial charge in [-0.15, -0.1) is 4.40 Å². The Morgan fingerprint density at radius 3 is 2.68 bits per heavy atom. The van der Waals surface area contributed by atoms with E-state index < -0.39 is 15.9 Å². The molecule has 1 N–H and O–H groups in total. The Morgan fingerprint density at radius 1 is 1.19 bits per heavy atom. The number of nitrogens with zero attached hydrogens (tertiary/aromatic N) is 4. The van der Waals surface area contributed by atoms with Gasteiger partial charge in [0.05, 0.1) is 22.7 Å². The molecular weight excluding hydrogens is 414 g/mol. The van der Waals surface area contributed by atoms with Crippen molar-refractivity contribution in [2.75, 3.05) is 17.6 Å². The van der Waals surface area contributed by atoms with Crippen molar-refractivity contribution >= 4 is 27.6 Å². The largest absolute Gasteiger partial charge is 0.331 e. The average molecular weight is 440 g/mol. The zero-order valence-electron chi connectivity index (χ0n) is 18.0. The molecule has 0 fully saturated rings. The number of hydrogen-bond acceptors (Lipinski definition) is 5. The first-order valence-corrected chi connectivity index (χ1v) is 11.6. The third-order valence-electron chi connectivity index (χ3n) is 5.07. The lowest BCUT2D eigenvalue weighted by Gasteiger charge is -2.28. The lowest BCUT2D eigenvalue weighted by molar-refractivity contribution is -0.112.